The van der Waals surface area contributed by atoms with E-state index >= 15 is 0 Å². The molecular formula is C27H33N3O6S. The van der Waals surface area contributed by atoms with Crippen molar-refractivity contribution in [1.29, 1.82) is 0 Å². The van der Waals surface area contributed by atoms with Gasteiger partial charge in [0.1, 0.15) is 6.61 Å². The minimum absolute atomic E-state index is 0.00344. The van der Waals surface area contributed by atoms with E-state index in [-0.39, 0.29) is 36.4 Å². The Balaban J connectivity index is 1.57. The lowest BCUT2D eigenvalue weighted by Gasteiger charge is -2.31. The second-order valence-corrected chi connectivity index (χ2v) is 11.8. The highest BCUT2D eigenvalue weighted by Gasteiger charge is 2.61. The summed E-state index contributed by atoms with van der Waals surface area (Å²) in [6.45, 7) is 3.82. The molecule has 2 unspecified atom stereocenters. The number of nitrogens with one attached hydrogen (secondary N) is 1. The van der Waals surface area contributed by atoms with Crippen LogP contribution in [-0.2, 0) is 21.4 Å². The molecule has 0 bridgehead atoms. The number of rotatable bonds is 11. The van der Waals surface area contributed by atoms with Gasteiger partial charge in [-0.25, -0.2) is 13.2 Å². The van der Waals surface area contributed by atoms with E-state index in [0.29, 0.717) is 17.7 Å². The molecule has 9 nitrogen and oxygen atoms in total. The van der Waals surface area contributed by atoms with Crippen LogP contribution in [0.2, 0.25) is 0 Å². The number of carbonyl (C=O) groups excluding carboxylic acids is 1. The first kappa shape index (κ1) is 26.7. The van der Waals surface area contributed by atoms with Gasteiger partial charge in [0.2, 0.25) is 10.0 Å². The second kappa shape index (κ2) is 11.0. The number of aliphatic hydroxyl groups is 1. The summed E-state index contributed by atoms with van der Waals surface area (Å²) in [4.78, 5) is 12.9. The maximum Gasteiger partial charge on any atom is 0.408 e. The van der Waals surface area contributed by atoms with E-state index in [4.69, 9.17) is 14.9 Å². The van der Waals surface area contributed by atoms with Crippen LogP contribution in [0.25, 0.3) is 0 Å². The maximum absolute atomic E-state index is 13.5. The Hall–Kier alpha value is -3.34. The van der Waals surface area contributed by atoms with Crippen LogP contribution in [-0.4, -0.2) is 48.7 Å². The molecule has 1 fully saturated rings. The van der Waals surface area contributed by atoms with Crippen molar-refractivity contribution < 1.29 is 27.5 Å². The van der Waals surface area contributed by atoms with Crippen molar-refractivity contribution >= 4 is 21.8 Å². The second-order valence-electron chi connectivity index (χ2n) is 9.84. The van der Waals surface area contributed by atoms with Crippen LogP contribution in [0.4, 0.5) is 10.5 Å². The topological polar surface area (TPSA) is 135 Å². The predicted molar refractivity (Wildman–Crippen MR) is 139 cm³/mol. The van der Waals surface area contributed by atoms with Gasteiger partial charge < -0.3 is 25.3 Å². The van der Waals surface area contributed by atoms with Crippen molar-refractivity contribution in [2.75, 3.05) is 18.8 Å². The van der Waals surface area contributed by atoms with Crippen LogP contribution >= 0.6 is 0 Å². The summed E-state index contributed by atoms with van der Waals surface area (Å²) >= 11 is 0. The predicted octanol–water partition coefficient (Wildman–Crippen LogP) is 3.72. The minimum Gasteiger partial charge on any atom is -0.472 e. The number of amides is 1. The molecule has 2 aromatic carbocycles. The number of nitrogens with zero attached hydrogens (tertiary/aromatic N) is 1. The fourth-order valence-corrected chi connectivity index (χ4v) is 6.15. The lowest BCUT2D eigenvalue weighted by molar-refractivity contribution is 0.0763. The van der Waals surface area contributed by atoms with E-state index in [1.165, 1.54) is 41.1 Å². The van der Waals surface area contributed by atoms with E-state index in [0.717, 1.165) is 5.56 Å². The third-order valence-corrected chi connectivity index (χ3v) is 8.39. The Labute approximate surface area is 217 Å². The summed E-state index contributed by atoms with van der Waals surface area (Å²) in [5.74, 6) is -0.200. The molecule has 1 heterocycles. The van der Waals surface area contributed by atoms with Gasteiger partial charge in [0, 0.05) is 30.3 Å². The zero-order chi connectivity index (χ0) is 26.6. The first-order valence-electron chi connectivity index (χ1n) is 12.2. The molecule has 1 aliphatic carbocycles. The van der Waals surface area contributed by atoms with Gasteiger partial charge in [0.25, 0.3) is 0 Å². The molecule has 1 aliphatic rings. The summed E-state index contributed by atoms with van der Waals surface area (Å²) in [7, 11) is -3.93. The summed E-state index contributed by atoms with van der Waals surface area (Å²) in [6, 6.07) is 17.2. The summed E-state index contributed by atoms with van der Waals surface area (Å²) in [5.41, 5.74) is 6.74. The van der Waals surface area contributed by atoms with Crippen LogP contribution < -0.4 is 11.1 Å². The van der Waals surface area contributed by atoms with Gasteiger partial charge in [-0.2, -0.15) is 4.31 Å². The fraction of sp³-hybridized carbons (Fsp3) is 0.370. The zero-order valence-corrected chi connectivity index (χ0v) is 21.7. The number of carbonyl (C=O) groups is 1. The van der Waals surface area contributed by atoms with Crippen molar-refractivity contribution in [1.82, 2.24) is 9.62 Å². The van der Waals surface area contributed by atoms with E-state index in [2.05, 4.69) is 5.32 Å². The van der Waals surface area contributed by atoms with Gasteiger partial charge in [-0.05, 0) is 48.2 Å². The van der Waals surface area contributed by atoms with E-state index in [1.54, 1.807) is 6.07 Å². The summed E-state index contributed by atoms with van der Waals surface area (Å²) in [5, 5.41) is 14.4. The smallest absolute Gasteiger partial charge is 0.408 e. The molecule has 4 N–H and O–H groups in total. The van der Waals surface area contributed by atoms with Gasteiger partial charge in [-0.15, -0.1) is 0 Å². The zero-order valence-electron chi connectivity index (χ0n) is 20.9. The normalized spacial score (nSPS) is 20.1. The van der Waals surface area contributed by atoms with Gasteiger partial charge in [0.05, 0.1) is 29.1 Å². The first-order valence-corrected chi connectivity index (χ1v) is 13.6. The van der Waals surface area contributed by atoms with Crippen LogP contribution in [0.3, 0.4) is 0 Å². The number of aliphatic hydroxyl groups excluding tert-OH is 1. The molecule has 0 spiro atoms. The van der Waals surface area contributed by atoms with Crippen molar-refractivity contribution in [3.05, 3.63) is 84.3 Å². The molecule has 0 saturated heterocycles. The molecule has 1 saturated carbocycles. The van der Waals surface area contributed by atoms with Crippen molar-refractivity contribution in [3.8, 4) is 0 Å². The van der Waals surface area contributed by atoms with E-state index in [9.17, 15) is 18.3 Å². The minimum atomic E-state index is -3.93. The Morgan fingerprint density at radius 1 is 1.16 bits per heavy atom. The number of hydrogen-bond acceptors (Lipinski definition) is 7. The summed E-state index contributed by atoms with van der Waals surface area (Å²) in [6.07, 6.45) is 1.51. The number of sulfonamides is 1. The molecule has 1 amide bonds. The van der Waals surface area contributed by atoms with Crippen molar-refractivity contribution in [2.24, 2.45) is 5.92 Å². The molecule has 10 heteroatoms. The average Bonchev–Trinajstić information content (AvgIpc) is 3.35. The number of nitrogens with two attached hydrogens (primary N) is 1. The van der Waals surface area contributed by atoms with Crippen LogP contribution in [0.1, 0.15) is 37.3 Å². The Bertz CT molecular complexity index is 1280. The molecule has 0 radical (unpaired) electrons. The van der Waals surface area contributed by atoms with E-state index < -0.39 is 27.8 Å². The van der Waals surface area contributed by atoms with Gasteiger partial charge in [-0.1, -0.05) is 44.2 Å². The van der Waals surface area contributed by atoms with Crippen LogP contribution in [0, 0.1) is 5.92 Å². The standard InChI is InChI=1S/C27H33N3O6S/c1-19(2)15-30(37(33,34)23-10-8-22(28)9-11-23)16-25(31)27(14-24(27)21-6-4-3-5-7-21)29-26(32)36-18-20-12-13-35-17-20/h3-13,17,19,24-25,31H,14-16,18,28H2,1-2H3,(H,29,32)/t24?,25-,27?/m1/s1. The van der Waals surface area contributed by atoms with Crippen molar-refractivity contribution in [2.45, 2.75) is 49.3 Å². The highest BCUT2D eigenvalue weighted by Crippen LogP contribution is 2.54. The highest BCUT2D eigenvalue weighted by atomic mass is 32.2. The molecule has 3 aromatic rings. The lowest BCUT2D eigenvalue weighted by atomic mass is 10.0. The van der Waals surface area contributed by atoms with Gasteiger partial charge >= 0.3 is 6.09 Å². The molecule has 198 valence electrons. The quantitative estimate of drug-likeness (QED) is 0.323. The highest BCUT2D eigenvalue weighted by molar-refractivity contribution is 7.89. The van der Waals surface area contributed by atoms with Crippen molar-refractivity contribution in [3.63, 3.8) is 0 Å². The largest absolute Gasteiger partial charge is 0.472 e. The summed E-state index contributed by atoms with van der Waals surface area (Å²) < 4.78 is 38.7. The Morgan fingerprint density at radius 3 is 2.49 bits per heavy atom. The molecule has 0 aliphatic heterocycles. The van der Waals surface area contributed by atoms with E-state index in [1.807, 2.05) is 44.2 Å². The number of hydrogen-bond donors (Lipinski definition) is 3. The van der Waals surface area contributed by atoms with Crippen LogP contribution in [0.15, 0.2) is 82.5 Å². The third-order valence-electron chi connectivity index (χ3n) is 6.55. The van der Waals surface area contributed by atoms with Crippen LogP contribution in [0.5, 0.6) is 0 Å². The fourth-order valence-electron chi connectivity index (χ4n) is 4.54. The third kappa shape index (κ3) is 6.15. The van der Waals surface area contributed by atoms with Gasteiger partial charge in [0.15, 0.2) is 0 Å². The molecular weight excluding hydrogens is 494 g/mol. The number of benzene rings is 2. The number of anilines is 1. The maximum atomic E-state index is 13.5. The number of furan rings is 1. The van der Waals surface area contributed by atoms with Gasteiger partial charge in [-0.3, -0.25) is 0 Å². The Morgan fingerprint density at radius 2 is 1.86 bits per heavy atom. The SMILES string of the molecule is CC(C)CN(C[C@@H](O)C1(NC(=O)OCc2ccoc2)CC1c1ccccc1)S(=O)(=O)c1ccc(N)cc1. The molecule has 4 rings (SSSR count). The first-order chi connectivity index (χ1) is 17.6. The molecule has 37 heavy (non-hydrogen) atoms. The molecule has 3 atom stereocenters. The monoisotopic (exact) mass is 527 g/mol. The number of ether oxygens (including phenoxy) is 1. The average molecular weight is 528 g/mol. The molecule has 1 aromatic heterocycles. The lowest BCUT2D eigenvalue weighted by Crippen LogP contribution is -2.53. The number of nitrogen functional groups attached to an aromatic ring is 1. The number of alkyl carbamates (subject to hydrolysis) is 1. The Kier molecular flexibility index (Phi) is 7.91.